The summed E-state index contributed by atoms with van der Waals surface area (Å²) in [6, 6.07) is 15.0. The van der Waals surface area contributed by atoms with Crippen molar-refractivity contribution < 1.29 is 9.59 Å². The molecule has 10 nitrogen and oxygen atoms in total. The molecule has 0 fully saturated rings. The highest BCUT2D eigenvalue weighted by Crippen LogP contribution is 2.12. The van der Waals surface area contributed by atoms with E-state index in [4.69, 9.17) is 0 Å². The molecule has 2 aromatic rings. The highest BCUT2D eigenvalue weighted by molar-refractivity contribution is 6.00. The van der Waals surface area contributed by atoms with Crippen LogP contribution in [0.1, 0.15) is 49.7 Å². The number of nitrogens with one attached hydrogen (secondary N) is 6. The number of halogens is 1. The number of amidine groups is 2. The molecule has 0 aliphatic carbocycles. The second-order valence-corrected chi connectivity index (χ2v) is 9.35. The maximum atomic E-state index is 12.1. The monoisotopic (exact) mass is 554 g/mol. The second-order valence-electron chi connectivity index (χ2n) is 9.35. The van der Waals surface area contributed by atoms with Gasteiger partial charge in [0.2, 0.25) is 0 Å². The van der Waals surface area contributed by atoms with Gasteiger partial charge >= 0.3 is 12.1 Å². The first-order valence-corrected chi connectivity index (χ1v) is 13.5. The molecule has 0 bridgehead atoms. The lowest BCUT2D eigenvalue weighted by atomic mass is 10.1. The average molecular weight is 555 g/mol. The fourth-order valence-electron chi connectivity index (χ4n) is 4.23. The molecule has 6 N–H and O–H groups in total. The van der Waals surface area contributed by atoms with Crippen molar-refractivity contribution in [2.45, 2.75) is 38.5 Å². The van der Waals surface area contributed by atoms with Crippen molar-refractivity contribution in [3.8, 4) is 0 Å². The molecule has 210 valence electrons. The lowest BCUT2D eigenvalue weighted by molar-refractivity contribution is 0.250. The summed E-state index contributed by atoms with van der Waals surface area (Å²) in [7, 11) is 0. The Morgan fingerprint density at radius 2 is 1.05 bits per heavy atom. The Morgan fingerprint density at radius 1 is 0.641 bits per heavy atom. The van der Waals surface area contributed by atoms with E-state index in [1.807, 2.05) is 48.5 Å². The lowest BCUT2D eigenvalue weighted by Gasteiger charge is -2.15. The zero-order valence-corrected chi connectivity index (χ0v) is 23.0. The van der Waals surface area contributed by atoms with Crippen LogP contribution in [0.15, 0.2) is 58.5 Å². The summed E-state index contributed by atoms with van der Waals surface area (Å²) >= 11 is 0. The summed E-state index contributed by atoms with van der Waals surface area (Å²) in [4.78, 5) is 33.2. The number of nitrogens with zero attached hydrogens (tertiary/aromatic N) is 2. The highest BCUT2D eigenvalue weighted by Gasteiger charge is 2.09. The van der Waals surface area contributed by atoms with Crippen LogP contribution in [-0.4, -0.2) is 63.0 Å². The van der Waals surface area contributed by atoms with Crippen LogP contribution >= 0.6 is 12.4 Å². The van der Waals surface area contributed by atoms with Gasteiger partial charge in [0.25, 0.3) is 0 Å². The largest absolute Gasteiger partial charge is 0.370 e. The van der Waals surface area contributed by atoms with E-state index in [0.717, 1.165) is 98.9 Å². The Balaban J connectivity index is 0.00000420. The third-order valence-electron chi connectivity index (χ3n) is 6.30. The molecule has 11 heteroatoms. The van der Waals surface area contributed by atoms with Crippen molar-refractivity contribution in [2.24, 2.45) is 9.98 Å². The Bertz CT molecular complexity index is 1030. The number of benzene rings is 2. The van der Waals surface area contributed by atoms with E-state index in [0.29, 0.717) is 13.1 Å². The quantitative estimate of drug-likeness (QED) is 0.233. The molecule has 2 aliphatic heterocycles. The van der Waals surface area contributed by atoms with Gasteiger partial charge < -0.3 is 31.9 Å². The fraction of sp³-hybridized carbons (Fsp3) is 0.429. The molecular formula is C28H39ClN8O2. The highest BCUT2D eigenvalue weighted by atomic mass is 35.5. The van der Waals surface area contributed by atoms with Crippen molar-refractivity contribution >= 4 is 47.5 Å². The van der Waals surface area contributed by atoms with Gasteiger partial charge in [-0.05, 0) is 74.2 Å². The van der Waals surface area contributed by atoms with Crippen LogP contribution in [0.25, 0.3) is 0 Å². The van der Waals surface area contributed by atoms with Crippen LogP contribution < -0.4 is 31.9 Å². The lowest BCUT2D eigenvalue weighted by Crippen LogP contribution is -2.31. The molecule has 0 radical (unpaired) electrons. The van der Waals surface area contributed by atoms with Gasteiger partial charge in [-0.25, -0.2) is 9.59 Å². The fourth-order valence-corrected chi connectivity index (χ4v) is 4.23. The predicted molar refractivity (Wildman–Crippen MR) is 161 cm³/mol. The molecule has 0 spiro atoms. The first-order chi connectivity index (χ1) is 18.7. The smallest absolute Gasteiger partial charge is 0.319 e. The average Bonchev–Trinajstić information content (AvgIpc) is 2.96. The Hall–Kier alpha value is -3.79. The van der Waals surface area contributed by atoms with Crippen molar-refractivity contribution in [1.82, 2.24) is 21.3 Å². The minimum Gasteiger partial charge on any atom is -0.370 e. The standard InChI is InChI=1S/C28H38N8O2.ClH/c37-27(35-23-11-7-21(8-12-23)25-29-17-5-18-30-25)33-15-3-1-2-4-16-34-28(38)36-24-13-9-22(10-14-24)26-31-19-6-20-32-26;/h7-14H,1-6,15-20H2,(H,29,30)(H,31,32)(H2,33,35,37)(H2,34,36,38);1H. The minimum atomic E-state index is -0.208. The summed E-state index contributed by atoms with van der Waals surface area (Å²) in [6.07, 6.45) is 5.85. The van der Waals surface area contributed by atoms with Crippen molar-refractivity contribution in [1.29, 1.82) is 0 Å². The molecular weight excluding hydrogens is 516 g/mol. The van der Waals surface area contributed by atoms with Crippen LogP contribution in [0.5, 0.6) is 0 Å². The van der Waals surface area contributed by atoms with Gasteiger partial charge in [-0.15, -0.1) is 12.4 Å². The number of unbranched alkanes of at least 4 members (excludes halogenated alkanes) is 3. The third-order valence-corrected chi connectivity index (χ3v) is 6.30. The van der Waals surface area contributed by atoms with Crippen LogP contribution in [0.3, 0.4) is 0 Å². The molecule has 2 aromatic carbocycles. The molecule has 4 rings (SSSR count). The number of urea groups is 2. The van der Waals surface area contributed by atoms with E-state index in [9.17, 15) is 9.59 Å². The number of carbonyl (C=O) groups is 2. The van der Waals surface area contributed by atoms with E-state index in [1.165, 1.54) is 0 Å². The first kappa shape index (κ1) is 29.8. The molecule has 2 heterocycles. The Labute approximate surface area is 236 Å². The van der Waals surface area contributed by atoms with Crippen LogP contribution in [0.4, 0.5) is 21.0 Å². The van der Waals surface area contributed by atoms with E-state index in [2.05, 4.69) is 41.9 Å². The summed E-state index contributed by atoms with van der Waals surface area (Å²) in [5, 5.41) is 18.1. The molecule has 39 heavy (non-hydrogen) atoms. The van der Waals surface area contributed by atoms with E-state index in [1.54, 1.807) is 0 Å². The molecule has 4 amide bonds. The van der Waals surface area contributed by atoms with Gasteiger partial charge in [-0.3, -0.25) is 9.98 Å². The molecule has 0 atom stereocenters. The van der Waals surface area contributed by atoms with Crippen molar-refractivity contribution in [2.75, 3.05) is 49.9 Å². The molecule has 2 aliphatic rings. The molecule has 0 saturated carbocycles. The maximum Gasteiger partial charge on any atom is 0.319 e. The predicted octanol–water partition coefficient (Wildman–Crippen LogP) is 4.09. The Kier molecular flexibility index (Phi) is 12.4. The first-order valence-electron chi connectivity index (χ1n) is 13.5. The van der Waals surface area contributed by atoms with E-state index < -0.39 is 0 Å². The van der Waals surface area contributed by atoms with E-state index >= 15 is 0 Å². The van der Waals surface area contributed by atoms with Crippen molar-refractivity contribution in [3.05, 3.63) is 59.7 Å². The van der Waals surface area contributed by atoms with Gasteiger partial charge in [0.15, 0.2) is 0 Å². The third kappa shape index (κ3) is 10.1. The minimum absolute atomic E-state index is 0. The molecule has 0 aromatic heterocycles. The number of carbonyl (C=O) groups excluding carboxylic acids is 2. The number of amides is 4. The summed E-state index contributed by atoms with van der Waals surface area (Å²) in [5.74, 6) is 1.83. The maximum absolute atomic E-state index is 12.1. The van der Waals surface area contributed by atoms with Gasteiger partial charge in [-0.2, -0.15) is 0 Å². The second kappa shape index (κ2) is 16.2. The normalized spacial score (nSPS) is 14.4. The van der Waals surface area contributed by atoms with Crippen LogP contribution in [-0.2, 0) is 0 Å². The Morgan fingerprint density at radius 3 is 1.41 bits per heavy atom. The number of hydrogen-bond acceptors (Lipinski definition) is 6. The number of hydrogen-bond donors (Lipinski definition) is 6. The molecule has 0 saturated heterocycles. The van der Waals surface area contributed by atoms with Crippen LogP contribution in [0, 0.1) is 0 Å². The SMILES string of the molecule is Cl.O=C(NCCCCCCNC(=O)Nc1ccc(C2=NCCCN2)cc1)Nc1ccc(C2=NCCCN2)cc1. The summed E-state index contributed by atoms with van der Waals surface area (Å²) in [5.41, 5.74) is 3.55. The van der Waals surface area contributed by atoms with Crippen LogP contribution in [0.2, 0.25) is 0 Å². The summed E-state index contributed by atoms with van der Waals surface area (Å²) in [6.45, 7) is 4.80. The zero-order chi connectivity index (χ0) is 26.4. The van der Waals surface area contributed by atoms with Gasteiger partial charge in [-0.1, -0.05) is 12.8 Å². The van der Waals surface area contributed by atoms with Gasteiger partial charge in [0, 0.05) is 61.8 Å². The number of aliphatic imine (C=N–C) groups is 2. The summed E-state index contributed by atoms with van der Waals surface area (Å²) < 4.78 is 0. The van der Waals surface area contributed by atoms with Crippen molar-refractivity contribution in [3.63, 3.8) is 0 Å². The topological polar surface area (TPSA) is 131 Å². The van der Waals surface area contributed by atoms with Gasteiger partial charge in [0.1, 0.15) is 11.7 Å². The zero-order valence-electron chi connectivity index (χ0n) is 22.2. The molecule has 0 unspecified atom stereocenters. The van der Waals surface area contributed by atoms with Gasteiger partial charge in [0.05, 0.1) is 0 Å². The number of rotatable bonds is 11. The number of anilines is 2. The van der Waals surface area contributed by atoms with E-state index in [-0.39, 0.29) is 24.5 Å².